The molecule has 0 unspecified atom stereocenters. The van der Waals surface area contributed by atoms with E-state index in [0.29, 0.717) is 5.92 Å². The molecule has 26 heavy (non-hydrogen) atoms. The number of pyridine rings is 1. The van der Waals surface area contributed by atoms with Crippen LogP contribution in [0.1, 0.15) is 51.6 Å². The molecule has 1 amide bonds. The molecule has 0 spiro atoms. The van der Waals surface area contributed by atoms with Gasteiger partial charge in [0.05, 0.1) is 17.3 Å². The molecule has 1 aromatic carbocycles. The number of carbonyl (C=O) groups is 1. The lowest BCUT2D eigenvalue weighted by atomic mass is 9.89. The second-order valence-electron chi connectivity index (χ2n) is 7.35. The van der Waals surface area contributed by atoms with Crippen molar-refractivity contribution in [2.75, 3.05) is 13.1 Å². The first kappa shape index (κ1) is 16.8. The third kappa shape index (κ3) is 2.98. The summed E-state index contributed by atoms with van der Waals surface area (Å²) in [5.41, 5.74) is 6.12. The molecule has 0 bridgehead atoms. The number of carbonyl (C=O) groups excluding carboxylic acids is 1. The summed E-state index contributed by atoms with van der Waals surface area (Å²) in [5.74, 6) is 0.601. The minimum Gasteiger partial charge on any atom is -0.339 e. The second kappa shape index (κ2) is 6.56. The van der Waals surface area contributed by atoms with Crippen molar-refractivity contribution < 1.29 is 4.79 Å². The highest BCUT2D eigenvalue weighted by atomic mass is 16.2. The van der Waals surface area contributed by atoms with Crippen molar-refractivity contribution in [3.8, 4) is 0 Å². The van der Waals surface area contributed by atoms with E-state index in [1.54, 1.807) is 0 Å². The van der Waals surface area contributed by atoms with E-state index in [2.05, 4.69) is 28.2 Å². The predicted molar refractivity (Wildman–Crippen MR) is 102 cm³/mol. The first-order valence-corrected chi connectivity index (χ1v) is 9.20. The molecule has 5 nitrogen and oxygen atoms in total. The summed E-state index contributed by atoms with van der Waals surface area (Å²) in [4.78, 5) is 19.8. The van der Waals surface area contributed by atoms with E-state index in [-0.39, 0.29) is 5.91 Å². The van der Waals surface area contributed by atoms with Gasteiger partial charge in [0, 0.05) is 29.9 Å². The molecule has 0 atom stereocenters. The lowest BCUT2D eigenvalue weighted by Crippen LogP contribution is -2.38. The summed E-state index contributed by atoms with van der Waals surface area (Å²) >= 11 is 0. The highest BCUT2D eigenvalue weighted by molar-refractivity contribution is 6.06. The maximum Gasteiger partial charge on any atom is 0.254 e. The maximum absolute atomic E-state index is 13.2. The molecule has 1 fully saturated rings. The number of hydrogen-bond donors (Lipinski definition) is 1. The number of H-pyrrole nitrogens is 1. The Morgan fingerprint density at radius 1 is 1.15 bits per heavy atom. The smallest absolute Gasteiger partial charge is 0.254 e. The van der Waals surface area contributed by atoms with E-state index in [9.17, 15) is 4.79 Å². The van der Waals surface area contributed by atoms with E-state index in [1.165, 1.54) is 5.56 Å². The van der Waals surface area contributed by atoms with Crippen molar-refractivity contribution in [1.29, 1.82) is 0 Å². The van der Waals surface area contributed by atoms with Crippen molar-refractivity contribution in [3.63, 3.8) is 0 Å². The topological polar surface area (TPSA) is 61.9 Å². The average molecular weight is 348 g/mol. The standard InChI is InChI=1S/C21H24N4O/c1-13-4-5-20-17(10-13)18(11-14(2)23-20)21(26)25-8-6-16(7-9-25)19-12-22-24-15(19)3/h4-5,10-12,16H,6-9H2,1-3H3,(H,22,24). The van der Waals surface area contributed by atoms with Gasteiger partial charge in [-0.2, -0.15) is 5.10 Å². The minimum absolute atomic E-state index is 0.119. The zero-order valence-electron chi connectivity index (χ0n) is 15.5. The van der Waals surface area contributed by atoms with Gasteiger partial charge < -0.3 is 4.90 Å². The number of aromatic amines is 1. The lowest BCUT2D eigenvalue weighted by Gasteiger charge is -2.32. The maximum atomic E-state index is 13.2. The molecule has 0 saturated carbocycles. The van der Waals surface area contributed by atoms with Gasteiger partial charge in [-0.1, -0.05) is 11.6 Å². The third-order valence-electron chi connectivity index (χ3n) is 5.41. The predicted octanol–water partition coefficient (Wildman–Crippen LogP) is 3.90. The molecule has 3 aromatic rings. The van der Waals surface area contributed by atoms with Gasteiger partial charge in [0.15, 0.2) is 0 Å². The molecule has 1 N–H and O–H groups in total. The van der Waals surface area contributed by atoms with Crippen LogP contribution in [-0.2, 0) is 0 Å². The number of rotatable bonds is 2. The first-order valence-electron chi connectivity index (χ1n) is 9.20. The van der Waals surface area contributed by atoms with E-state index in [4.69, 9.17) is 0 Å². The Bertz CT molecular complexity index is 967. The van der Waals surface area contributed by atoms with E-state index >= 15 is 0 Å². The zero-order chi connectivity index (χ0) is 18.3. The Morgan fingerprint density at radius 2 is 1.92 bits per heavy atom. The Labute approximate surface area is 153 Å². The minimum atomic E-state index is 0.119. The lowest BCUT2D eigenvalue weighted by molar-refractivity contribution is 0.0715. The molecule has 3 heterocycles. The summed E-state index contributed by atoms with van der Waals surface area (Å²) in [6.45, 7) is 7.62. The molecule has 1 aliphatic heterocycles. The van der Waals surface area contributed by atoms with E-state index in [0.717, 1.165) is 59.3 Å². The molecule has 134 valence electrons. The number of nitrogens with zero attached hydrogens (tertiary/aromatic N) is 3. The van der Waals surface area contributed by atoms with Gasteiger partial charge in [0.1, 0.15) is 0 Å². The number of fused-ring (bicyclic) bond motifs is 1. The summed E-state index contributed by atoms with van der Waals surface area (Å²) in [7, 11) is 0. The summed E-state index contributed by atoms with van der Waals surface area (Å²) in [6, 6.07) is 8.04. The quantitative estimate of drug-likeness (QED) is 0.764. The molecule has 1 aliphatic rings. The Morgan fingerprint density at radius 3 is 2.62 bits per heavy atom. The Kier molecular flexibility index (Phi) is 4.23. The summed E-state index contributed by atoms with van der Waals surface area (Å²) < 4.78 is 0. The van der Waals surface area contributed by atoms with Crippen LogP contribution in [-0.4, -0.2) is 39.1 Å². The molecule has 2 aromatic heterocycles. The molecule has 0 aliphatic carbocycles. The molecule has 0 radical (unpaired) electrons. The fourth-order valence-electron chi connectivity index (χ4n) is 3.98. The SMILES string of the molecule is Cc1ccc2nc(C)cc(C(=O)N3CCC(c4cn[nH]c4C)CC3)c2c1. The molecule has 5 heteroatoms. The number of nitrogens with one attached hydrogen (secondary N) is 1. The van der Waals surface area contributed by atoms with Crippen LogP contribution in [0.15, 0.2) is 30.5 Å². The average Bonchev–Trinajstić information content (AvgIpc) is 3.07. The van der Waals surface area contributed by atoms with E-state index in [1.807, 2.05) is 43.1 Å². The van der Waals surface area contributed by atoms with Gasteiger partial charge >= 0.3 is 0 Å². The van der Waals surface area contributed by atoms with Crippen molar-refractivity contribution in [2.45, 2.75) is 39.5 Å². The third-order valence-corrected chi connectivity index (χ3v) is 5.41. The molecular weight excluding hydrogens is 324 g/mol. The summed E-state index contributed by atoms with van der Waals surface area (Å²) in [6.07, 6.45) is 3.89. The van der Waals surface area contributed by atoms with Crippen LogP contribution >= 0.6 is 0 Å². The van der Waals surface area contributed by atoms with Crippen LogP contribution in [0.5, 0.6) is 0 Å². The number of amides is 1. The first-order chi connectivity index (χ1) is 12.5. The van der Waals surface area contributed by atoms with Crippen LogP contribution < -0.4 is 0 Å². The number of likely N-dealkylation sites (tertiary alicyclic amines) is 1. The van der Waals surface area contributed by atoms with Crippen LogP contribution in [0.25, 0.3) is 10.9 Å². The van der Waals surface area contributed by atoms with Gasteiger partial charge in [0.2, 0.25) is 0 Å². The van der Waals surface area contributed by atoms with E-state index < -0.39 is 0 Å². The normalized spacial score (nSPS) is 15.6. The van der Waals surface area contributed by atoms with Gasteiger partial charge in [0.25, 0.3) is 5.91 Å². The van der Waals surface area contributed by atoms with Crippen LogP contribution in [0.3, 0.4) is 0 Å². The van der Waals surface area contributed by atoms with Crippen molar-refractivity contribution >= 4 is 16.8 Å². The number of piperidine rings is 1. The number of benzene rings is 1. The molecule has 1 saturated heterocycles. The number of aromatic nitrogens is 3. The Hall–Kier alpha value is -2.69. The van der Waals surface area contributed by atoms with Crippen LogP contribution in [0.4, 0.5) is 0 Å². The zero-order valence-corrected chi connectivity index (χ0v) is 15.5. The van der Waals surface area contributed by atoms with Gasteiger partial charge in [-0.3, -0.25) is 14.9 Å². The van der Waals surface area contributed by atoms with Gasteiger partial charge in [-0.15, -0.1) is 0 Å². The van der Waals surface area contributed by atoms with Gasteiger partial charge in [-0.25, -0.2) is 0 Å². The summed E-state index contributed by atoms with van der Waals surface area (Å²) in [5, 5.41) is 8.11. The Balaban J connectivity index is 1.58. The highest BCUT2D eigenvalue weighted by Gasteiger charge is 2.27. The second-order valence-corrected chi connectivity index (χ2v) is 7.35. The fraction of sp³-hybridized carbons (Fsp3) is 0.381. The number of aryl methyl sites for hydroxylation is 3. The van der Waals surface area contributed by atoms with Crippen molar-refractivity contribution in [1.82, 2.24) is 20.1 Å². The van der Waals surface area contributed by atoms with Crippen LogP contribution in [0, 0.1) is 20.8 Å². The monoisotopic (exact) mass is 348 g/mol. The largest absolute Gasteiger partial charge is 0.339 e. The fourth-order valence-corrected chi connectivity index (χ4v) is 3.98. The highest BCUT2D eigenvalue weighted by Crippen LogP contribution is 2.30. The number of hydrogen-bond acceptors (Lipinski definition) is 3. The molecule has 4 rings (SSSR count). The van der Waals surface area contributed by atoms with Crippen molar-refractivity contribution in [3.05, 3.63) is 58.5 Å². The van der Waals surface area contributed by atoms with Gasteiger partial charge in [-0.05, 0) is 63.3 Å². The van der Waals surface area contributed by atoms with Crippen LogP contribution in [0.2, 0.25) is 0 Å². The van der Waals surface area contributed by atoms with Crippen molar-refractivity contribution in [2.24, 2.45) is 0 Å². The molecular formula is C21H24N4O.